The molecule has 0 radical (unpaired) electrons. The smallest absolute Gasteiger partial charge is 0.407 e. The molecule has 1 N–H and O–H groups in total. The zero-order chi connectivity index (χ0) is 13.8. The zero-order valence-electron chi connectivity index (χ0n) is 11.4. The predicted molar refractivity (Wildman–Crippen MR) is 69.1 cm³/mol. The van der Waals surface area contributed by atoms with Crippen molar-refractivity contribution in [1.29, 1.82) is 0 Å². The van der Waals surface area contributed by atoms with Crippen molar-refractivity contribution in [2.24, 2.45) is 5.92 Å². The first-order valence-electron chi connectivity index (χ1n) is 6.20. The molecule has 1 fully saturated rings. The molecular weight excluding hydrogens is 232 g/mol. The Morgan fingerprint density at radius 1 is 1.50 bits per heavy atom. The van der Waals surface area contributed by atoms with Crippen molar-refractivity contribution in [2.75, 3.05) is 19.6 Å². The van der Waals surface area contributed by atoms with E-state index in [1.807, 2.05) is 20.8 Å². The van der Waals surface area contributed by atoms with E-state index in [4.69, 9.17) is 4.74 Å². The van der Waals surface area contributed by atoms with Crippen molar-refractivity contribution in [3.63, 3.8) is 0 Å². The van der Waals surface area contributed by atoms with Gasteiger partial charge in [-0.1, -0.05) is 6.58 Å². The Balaban J connectivity index is 2.28. The molecule has 0 aromatic carbocycles. The van der Waals surface area contributed by atoms with Crippen LogP contribution in [-0.2, 0) is 9.53 Å². The van der Waals surface area contributed by atoms with Gasteiger partial charge in [0.05, 0.1) is 0 Å². The van der Waals surface area contributed by atoms with Crippen molar-refractivity contribution in [3.8, 4) is 0 Å². The summed E-state index contributed by atoms with van der Waals surface area (Å²) in [5.41, 5.74) is -0.482. The van der Waals surface area contributed by atoms with Gasteiger partial charge in [-0.15, -0.1) is 0 Å². The Hall–Kier alpha value is -1.52. The van der Waals surface area contributed by atoms with E-state index in [0.29, 0.717) is 19.0 Å². The van der Waals surface area contributed by atoms with Crippen molar-refractivity contribution in [1.82, 2.24) is 10.2 Å². The number of carbonyl (C=O) groups is 2. The Kier molecular flexibility index (Phi) is 4.76. The van der Waals surface area contributed by atoms with Gasteiger partial charge in [0.15, 0.2) is 0 Å². The Morgan fingerprint density at radius 2 is 2.17 bits per heavy atom. The number of ether oxygens (including phenoxy) is 1. The van der Waals surface area contributed by atoms with E-state index in [9.17, 15) is 9.59 Å². The molecule has 1 saturated heterocycles. The van der Waals surface area contributed by atoms with Gasteiger partial charge < -0.3 is 15.0 Å². The molecular formula is C13H22N2O3. The second-order valence-electron chi connectivity index (χ2n) is 5.53. The number of amides is 2. The van der Waals surface area contributed by atoms with E-state index in [-0.39, 0.29) is 5.91 Å². The average Bonchev–Trinajstić information content (AvgIpc) is 2.71. The summed E-state index contributed by atoms with van der Waals surface area (Å²) in [5, 5.41) is 2.73. The van der Waals surface area contributed by atoms with Crippen molar-refractivity contribution in [3.05, 3.63) is 12.7 Å². The third-order valence-corrected chi connectivity index (χ3v) is 2.71. The molecule has 0 saturated carbocycles. The molecule has 1 rings (SSSR count). The summed E-state index contributed by atoms with van der Waals surface area (Å²) in [6, 6.07) is 0. The van der Waals surface area contributed by atoms with E-state index in [1.165, 1.54) is 6.08 Å². The molecule has 102 valence electrons. The van der Waals surface area contributed by atoms with Crippen LogP contribution in [0.25, 0.3) is 0 Å². The summed E-state index contributed by atoms with van der Waals surface area (Å²) in [4.78, 5) is 24.6. The maximum atomic E-state index is 11.5. The standard InChI is InChI=1S/C13H22N2O3/c1-5-11(16)15-7-6-10(9-15)8-14-12(17)18-13(2,3)4/h5,10H,1,6-9H2,2-4H3,(H,14,17)/t10-/m1/s1. The summed E-state index contributed by atoms with van der Waals surface area (Å²) in [7, 11) is 0. The molecule has 1 atom stereocenters. The molecule has 5 heteroatoms. The molecule has 1 aliphatic heterocycles. The maximum Gasteiger partial charge on any atom is 0.407 e. The highest BCUT2D eigenvalue weighted by atomic mass is 16.6. The van der Waals surface area contributed by atoms with Crippen LogP contribution in [0.3, 0.4) is 0 Å². The van der Waals surface area contributed by atoms with Crippen LogP contribution >= 0.6 is 0 Å². The number of hydrogen-bond acceptors (Lipinski definition) is 3. The lowest BCUT2D eigenvalue weighted by Gasteiger charge is -2.20. The molecule has 1 aliphatic rings. The lowest BCUT2D eigenvalue weighted by atomic mass is 10.1. The minimum atomic E-state index is -0.482. The molecule has 1 heterocycles. The first-order valence-corrected chi connectivity index (χ1v) is 6.20. The Morgan fingerprint density at radius 3 is 2.72 bits per heavy atom. The molecule has 0 aromatic rings. The monoisotopic (exact) mass is 254 g/mol. The number of nitrogens with zero attached hydrogens (tertiary/aromatic N) is 1. The first kappa shape index (κ1) is 14.5. The lowest BCUT2D eigenvalue weighted by Crippen LogP contribution is -2.36. The van der Waals surface area contributed by atoms with Crippen molar-refractivity contribution >= 4 is 12.0 Å². The number of alkyl carbamates (subject to hydrolysis) is 1. The van der Waals surface area contributed by atoms with Crippen molar-refractivity contribution < 1.29 is 14.3 Å². The fraction of sp³-hybridized carbons (Fsp3) is 0.692. The summed E-state index contributed by atoms with van der Waals surface area (Å²) in [6.45, 7) is 10.9. The Bertz CT molecular complexity index is 334. The van der Waals surface area contributed by atoms with Crippen LogP contribution in [0.2, 0.25) is 0 Å². The summed E-state index contributed by atoms with van der Waals surface area (Å²) >= 11 is 0. The number of rotatable bonds is 3. The van der Waals surface area contributed by atoms with Crippen molar-refractivity contribution in [2.45, 2.75) is 32.8 Å². The van der Waals surface area contributed by atoms with Gasteiger partial charge in [-0.2, -0.15) is 0 Å². The van der Waals surface area contributed by atoms with E-state index in [2.05, 4.69) is 11.9 Å². The predicted octanol–water partition coefficient (Wildman–Crippen LogP) is 1.55. The van der Waals surface area contributed by atoms with E-state index >= 15 is 0 Å². The molecule has 0 unspecified atom stereocenters. The van der Waals surface area contributed by atoms with Gasteiger partial charge >= 0.3 is 6.09 Å². The largest absolute Gasteiger partial charge is 0.444 e. The number of nitrogens with one attached hydrogen (secondary N) is 1. The highest BCUT2D eigenvalue weighted by Gasteiger charge is 2.25. The quantitative estimate of drug-likeness (QED) is 0.777. The van der Waals surface area contributed by atoms with E-state index < -0.39 is 11.7 Å². The Labute approximate surface area is 108 Å². The number of likely N-dealkylation sites (tertiary alicyclic amines) is 1. The van der Waals surface area contributed by atoms with Gasteiger partial charge in [-0.25, -0.2) is 4.79 Å². The van der Waals surface area contributed by atoms with Gasteiger partial charge in [0.25, 0.3) is 0 Å². The zero-order valence-corrected chi connectivity index (χ0v) is 11.4. The fourth-order valence-electron chi connectivity index (χ4n) is 1.87. The SMILES string of the molecule is C=CC(=O)N1CC[C@H](CNC(=O)OC(C)(C)C)C1. The fourth-order valence-corrected chi connectivity index (χ4v) is 1.87. The highest BCUT2D eigenvalue weighted by Crippen LogP contribution is 2.16. The van der Waals surface area contributed by atoms with Gasteiger partial charge in [0.2, 0.25) is 5.91 Å². The van der Waals surface area contributed by atoms with Crippen LogP contribution in [0.5, 0.6) is 0 Å². The van der Waals surface area contributed by atoms with E-state index in [0.717, 1.165) is 13.0 Å². The molecule has 18 heavy (non-hydrogen) atoms. The van der Waals surface area contributed by atoms with Crippen LogP contribution in [0.1, 0.15) is 27.2 Å². The van der Waals surface area contributed by atoms with Crippen LogP contribution in [0.4, 0.5) is 4.79 Å². The number of hydrogen-bond donors (Lipinski definition) is 1. The van der Waals surface area contributed by atoms with Crippen LogP contribution in [-0.4, -0.2) is 42.1 Å². The van der Waals surface area contributed by atoms with Crippen LogP contribution in [0.15, 0.2) is 12.7 Å². The summed E-state index contributed by atoms with van der Waals surface area (Å²) in [5.74, 6) is 0.246. The third kappa shape index (κ3) is 4.77. The van der Waals surface area contributed by atoms with Gasteiger partial charge in [0.1, 0.15) is 5.60 Å². The third-order valence-electron chi connectivity index (χ3n) is 2.71. The average molecular weight is 254 g/mol. The van der Waals surface area contributed by atoms with E-state index in [1.54, 1.807) is 4.90 Å². The van der Waals surface area contributed by atoms with Gasteiger partial charge in [-0.3, -0.25) is 4.79 Å². The van der Waals surface area contributed by atoms with Gasteiger partial charge in [-0.05, 0) is 39.2 Å². The molecule has 0 aliphatic carbocycles. The molecule has 0 spiro atoms. The second kappa shape index (κ2) is 5.89. The van der Waals surface area contributed by atoms with Crippen LogP contribution in [0, 0.1) is 5.92 Å². The molecule has 0 bridgehead atoms. The molecule has 5 nitrogen and oxygen atoms in total. The minimum absolute atomic E-state index is 0.0465. The topological polar surface area (TPSA) is 58.6 Å². The molecule has 0 aromatic heterocycles. The number of carbonyl (C=O) groups excluding carboxylic acids is 2. The molecule has 2 amide bonds. The highest BCUT2D eigenvalue weighted by molar-refractivity contribution is 5.87. The lowest BCUT2D eigenvalue weighted by molar-refractivity contribution is -0.125. The van der Waals surface area contributed by atoms with Crippen LogP contribution < -0.4 is 5.32 Å². The maximum absolute atomic E-state index is 11.5. The summed E-state index contributed by atoms with van der Waals surface area (Å²) in [6.07, 6.45) is 1.81. The normalized spacial score (nSPS) is 19.5. The first-order chi connectivity index (χ1) is 8.31. The summed E-state index contributed by atoms with van der Waals surface area (Å²) < 4.78 is 5.15. The minimum Gasteiger partial charge on any atom is -0.444 e. The second-order valence-corrected chi connectivity index (χ2v) is 5.53. The van der Waals surface area contributed by atoms with Gasteiger partial charge in [0, 0.05) is 19.6 Å².